The van der Waals surface area contributed by atoms with Crippen molar-refractivity contribution in [2.24, 2.45) is 0 Å². The van der Waals surface area contributed by atoms with Gasteiger partial charge in [-0.05, 0) is 24.3 Å². The van der Waals surface area contributed by atoms with Crippen LogP contribution < -0.4 is 10.6 Å². The summed E-state index contributed by atoms with van der Waals surface area (Å²) in [6.07, 6.45) is 3.93. The van der Waals surface area contributed by atoms with E-state index in [0.29, 0.717) is 99.2 Å². The van der Waals surface area contributed by atoms with Crippen molar-refractivity contribution in [2.45, 2.75) is 18.6 Å². The maximum absolute atomic E-state index is 12.5. The van der Waals surface area contributed by atoms with Gasteiger partial charge in [-0.3, -0.25) is 14.4 Å². The van der Waals surface area contributed by atoms with Gasteiger partial charge in [0.25, 0.3) is 0 Å². The van der Waals surface area contributed by atoms with E-state index in [0.717, 1.165) is 0 Å². The number of rotatable bonds is 6. The Morgan fingerprint density at radius 1 is 0.745 bits per heavy atom. The predicted octanol–water partition coefficient (Wildman–Crippen LogP) is 4.47. The van der Waals surface area contributed by atoms with E-state index in [1.165, 1.54) is 17.6 Å². The number of carbonyl (C=O) groups is 3. The van der Waals surface area contributed by atoms with Gasteiger partial charge in [-0.2, -0.15) is 0 Å². The molecule has 2 aromatic heterocycles. The lowest BCUT2D eigenvalue weighted by molar-refractivity contribution is -0.151. The number of amides is 2. The Labute approximate surface area is 288 Å². The first-order valence-corrected chi connectivity index (χ1v) is 16.1. The van der Waals surface area contributed by atoms with Crippen LogP contribution in [0.15, 0.2) is 36.9 Å². The number of likely N-dealkylation sites (tertiary alicyclic amines) is 2. The van der Waals surface area contributed by atoms with Gasteiger partial charge in [-0.15, -0.1) is 0 Å². The van der Waals surface area contributed by atoms with Crippen LogP contribution in [0.25, 0.3) is 21.8 Å². The van der Waals surface area contributed by atoms with Crippen LogP contribution in [0.3, 0.4) is 0 Å². The summed E-state index contributed by atoms with van der Waals surface area (Å²) in [6, 6.07) is 6.67. The van der Waals surface area contributed by atoms with Crippen molar-refractivity contribution < 1.29 is 23.9 Å². The zero-order valence-corrected chi connectivity index (χ0v) is 27.8. The van der Waals surface area contributed by atoms with Gasteiger partial charge in [-0.1, -0.05) is 46.4 Å². The van der Waals surface area contributed by atoms with Crippen LogP contribution in [0.5, 0.6) is 0 Å². The van der Waals surface area contributed by atoms with E-state index in [-0.39, 0.29) is 37.2 Å². The minimum Gasteiger partial charge on any atom is -0.360 e. The van der Waals surface area contributed by atoms with E-state index in [2.05, 4.69) is 30.6 Å². The van der Waals surface area contributed by atoms with E-state index < -0.39 is 5.79 Å². The molecular formula is C30H28Cl4N8O5. The number of nitrogens with zero attached hydrogens (tertiary/aromatic N) is 6. The number of nitrogens with one attached hydrogen (secondary N) is 2. The number of Topliss-reactive ketones (excluding diaryl/α,β-unsaturated/α-hetero) is 1. The number of ether oxygens (including phenoxy) is 2. The Kier molecular flexibility index (Phi) is 10.1. The Balaban J connectivity index is 0.000000166. The lowest BCUT2D eigenvalue weighted by atomic mass is 10.2. The molecule has 0 radical (unpaired) electrons. The Hall–Kier alpha value is -3.59. The fourth-order valence-electron chi connectivity index (χ4n) is 5.47. The van der Waals surface area contributed by atoms with Gasteiger partial charge in [0.2, 0.25) is 11.8 Å². The monoisotopic (exact) mass is 720 g/mol. The molecule has 3 saturated heterocycles. The van der Waals surface area contributed by atoms with Crippen molar-refractivity contribution in [1.82, 2.24) is 29.7 Å². The number of hydrogen-bond donors (Lipinski definition) is 2. The molecule has 17 heteroatoms. The van der Waals surface area contributed by atoms with Gasteiger partial charge >= 0.3 is 0 Å². The van der Waals surface area contributed by atoms with Crippen LogP contribution in [0, 0.1) is 0 Å². The molecule has 0 atom stereocenters. The number of hydrogen-bond acceptors (Lipinski definition) is 11. The molecule has 0 aliphatic carbocycles. The molecule has 2 amide bonds. The molecule has 3 aliphatic rings. The van der Waals surface area contributed by atoms with Crippen LogP contribution in [0.2, 0.25) is 20.1 Å². The van der Waals surface area contributed by atoms with Crippen molar-refractivity contribution in [1.29, 1.82) is 0 Å². The van der Waals surface area contributed by atoms with Gasteiger partial charge in [-0.25, -0.2) is 19.9 Å². The van der Waals surface area contributed by atoms with Gasteiger partial charge in [0.15, 0.2) is 11.6 Å². The average molecular weight is 722 g/mol. The highest BCUT2D eigenvalue weighted by atomic mass is 35.5. The minimum absolute atomic E-state index is 0.0391. The normalized spacial score (nSPS) is 17.0. The van der Waals surface area contributed by atoms with Crippen molar-refractivity contribution in [3.05, 3.63) is 57.0 Å². The summed E-state index contributed by atoms with van der Waals surface area (Å²) < 4.78 is 11.3. The van der Waals surface area contributed by atoms with E-state index in [9.17, 15) is 14.4 Å². The average Bonchev–Trinajstić information content (AvgIpc) is 3.82. The van der Waals surface area contributed by atoms with Crippen molar-refractivity contribution >= 4 is 97.4 Å². The zero-order valence-electron chi connectivity index (χ0n) is 24.8. The first-order valence-electron chi connectivity index (χ1n) is 14.6. The van der Waals surface area contributed by atoms with Gasteiger partial charge in [0.05, 0.1) is 70.5 Å². The highest BCUT2D eigenvalue weighted by molar-refractivity contribution is 6.43. The second-order valence-corrected chi connectivity index (χ2v) is 12.6. The molecule has 0 bridgehead atoms. The number of fused-ring (bicyclic) bond motifs is 2. The molecule has 3 fully saturated rings. The Morgan fingerprint density at radius 2 is 1.26 bits per heavy atom. The zero-order chi connectivity index (χ0) is 33.1. The third-order valence-electron chi connectivity index (χ3n) is 7.91. The molecule has 4 aromatic rings. The summed E-state index contributed by atoms with van der Waals surface area (Å²) in [4.78, 5) is 55.6. The van der Waals surface area contributed by atoms with Crippen LogP contribution in [0.4, 0.5) is 11.6 Å². The summed E-state index contributed by atoms with van der Waals surface area (Å²) in [5.74, 6) is 0.339. The van der Waals surface area contributed by atoms with E-state index in [1.54, 1.807) is 29.2 Å². The SMILES string of the molecule is O=C(CNc1ncnc2cc(Cl)c(Cl)cc12)N1CCC2(C1)OCCO2.O=C1CCN(C(=O)CNc2ncnc3cc(Cl)c(Cl)cc23)C1. The minimum atomic E-state index is -0.610. The van der Waals surface area contributed by atoms with Gasteiger partial charge in [0.1, 0.15) is 24.3 Å². The molecule has 47 heavy (non-hydrogen) atoms. The summed E-state index contributed by atoms with van der Waals surface area (Å²) in [7, 11) is 0. The molecule has 0 unspecified atom stereocenters. The number of halogens is 4. The van der Waals surface area contributed by atoms with Crippen molar-refractivity contribution in [3.63, 3.8) is 0 Å². The molecule has 13 nitrogen and oxygen atoms in total. The number of aromatic nitrogens is 4. The highest BCUT2D eigenvalue weighted by Crippen LogP contribution is 2.32. The molecule has 0 saturated carbocycles. The van der Waals surface area contributed by atoms with Gasteiger partial charge < -0.3 is 29.9 Å². The lowest BCUT2D eigenvalue weighted by Crippen LogP contribution is -2.39. The largest absolute Gasteiger partial charge is 0.360 e. The molecular weight excluding hydrogens is 694 g/mol. The summed E-state index contributed by atoms with van der Waals surface area (Å²) >= 11 is 24.1. The third kappa shape index (κ3) is 7.61. The highest BCUT2D eigenvalue weighted by Gasteiger charge is 2.44. The Bertz CT molecular complexity index is 1860. The lowest BCUT2D eigenvalue weighted by Gasteiger charge is -2.22. The second kappa shape index (κ2) is 14.3. The van der Waals surface area contributed by atoms with Crippen LogP contribution >= 0.6 is 46.4 Å². The third-order valence-corrected chi connectivity index (χ3v) is 9.35. The fourth-order valence-corrected chi connectivity index (χ4v) is 6.11. The molecule has 246 valence electrons. The van der Waals surface area contributed by atoms with Crippen molar-refractivity contribution in [3.8, 4) is 0 Å². The maximum Gasteiger partial charge on any atom is 0.242 e. The number of carbonyl (C=O) groups excluding carboxylic acids is 3. The van der Waals surface area contributed by atoms with E-state index in [1.807, 2.05) is 0 Å². The number of benzene rings is 2. The number of anilines is 2. The fraction of sp³-hybridized carbons (Fsp3) is 0.367. The number of ketones is 1. The van der Waals surface area contributed by atoms with Crippen molar-refractivity contribution in [2.75, 3.05) is 63.1 Å². The van der Waals surface area contributed by atoms with Crippen LogP contribution in [-0.4, -0.2) is 106 Å². The molecule has 7 rings (SSSR count). The molecule has 5 heterocycles. The molecule has 2 aromatic carbocycles. The topological polar surface area (TPSA) is 152 Å². The molecule has 2 N–H and O–H groups in total. The molecule has 3 aliphatic heterocycles. The molecule has 1 spiro atoms. The van der Waals surface area contributed by atoms with Crippen LogP contribution in [0.1, 0.15) is 12.8 Å². The first-order chi connectivity index (χ1) is 22.6. The Morgan fingerprint density at radius 3 is 1.77 bits per heavy atom. The maximum atomic E-state index is 12.5. The summed E-state index contributed by atoms with van der Waals surface area (Å²) in [5, 5.41) is 9.07. The first kappa shape index (κ1) is 33.3. The van der Waals surface area contributed by atoms with E-state index in [4.69, 9.17) is 55.9 Å². The second-order valence-electron chi connectivity index (χ2n) is 11.0. The quantitative estimate of drug-likeness (QED) is 0.290. The smallest absolute Gasteiger partial charge is 0.242 e. The predicted molar refractivity (Wildman–Crippen MR) is 178 cm³/mol. The van der Waals surface area contributed by atoms with E-state index >= 15 is 0 Å². The van der Waals surface area contributed by atoms with Gasteiger partial charge in [0, 0.05) is 36.7 Å². The van der Waals surface area contributed by atoms with Crippen LogP contribution in [-0.2, 0) is 23.9 Å². The standard InChI is InChI=1S/C16H16Cl2N4O3.C14H12Cl2N4O2/c17-11-5-10-13(6-12(11)18)20-9-21-15(10)19-7-14(23)22-2-1-16(8-22)24-3-4-25-16;15-10-3-9-12(4-11(10)16)18-7-19-14(9)17-5-13(22)20-2-1-8(21)6-20/h5-6,9H,1-4,7-8H2,(H,19,20,21);3-4,7H,1-2,5-6H2,(H,17,18,19). The summed E-state index contributed by atoms with van der Waals surface area (Å²) in [5.41, 5.74) is 1.29. The summed E-state index contributed by atoms with van der Waals surface area (Å²) in [6.45, 7) is 3.07.